The molecule has 5 nitrogen and oxygen atoms in total. The van der Waals surface area contributed by atoms with E-state index < -0.39 is 17.6 Å². The summed E-state index contributed by atoms with van der Waals surface area (Å²) in [6.45, 7) is 2.00. The Balaban J connectivity index is 2.06. The fraction of sp³-hybridized carbons (Fsp3) is 0.167. The summed E-state index contributed by atoms with van der Waals surface area (Å²) < 4.78 is 5.10. The minimum absolute atomic E-state index is 0.537. The number of anilines is 3. The molecule has 0 saturated carbocycles. The van der Waals surface area contributed by atoms with Crippen LogP contribution in [0.1, 0.15) is 17.2 Å². The molecule has 0 radical (unpaired) electrons. The first-order valence-corrected chi connectivity index (χ1v) is 10.3. The predicted octanol–water partition coefficient (Wildman–Crippen LogP) is 6.04. The SMILES string of the molecule is COC(=O)C1(C#N)Nc2ccc(Cl)cc2N(c2ccc(C)cc2)C1c1ccc(Cl)cc1. The van der Waals surface area contributed by atoms with E-state index in [1.807, 2.05) is 42.2 Å². The van der Waals surface area contributed by atoms with Crippen LogP contribution in [0.25, 0.3) is 0 Å². The normalized spacial score (nSPS) is 19.7. The quantitative estimate of drug-likeness (QED) is 0.491. The summed E-state index contributed by atoms with van der Waals surface area (Å²) in [6, 6.07) is 21.7. The molecule has 3 aromatic carbocycles. The van der Waals surface area contributed by atoms with Gasteiger partial charge in [-0.05, 0) is 55.0 Å². The number of nitrogens with one attached hydrogen (secondary N) is 1. The van der Waals surface area contributed by atoms with Crippen molar-refractivity contribution in [2.45, 2.75) is 18.5 Å². The molecule has 2 atom stereocenters. The second-order valence-electron chi connectivity index (χ2n) is 7.36. The number of carbonyl (C=O) groups is 1. The molecule has 1 heterocycles. The maximum atomic E-state index is 13.1. The number of esters is 1. The van der Waals surface area contributed by atoms with Gasteiger partial charge < -0.3 is 15.0 Å². The molecule has 0 saturated heterocycles. The molecule has 3 aromatic rings. The molecular weight excluding hydrogens is 433 g/mol. The molecule has 0 spiro atoms. The van der Waals surface area contributed by atoms with Crippen molar-refractivity contribution in [2.75, 3.05) is 17.3 Å². The molecule has 0 amide bonds. The summed E-state index contributed by atoms with van der Waals surface area (Å²) >= 11 is 12.5. The predicted molar refractivity (Wildman–Crippen MR) is 123 cm³/mol. The van der Waals surface area contributed by atoms with Crippen molar-refractivity contribution in [1.29, 1.82) is 5.26 Å². The van der Waals surface area contributed by atoms with Crippen LogP contribution in [0.2, 0.25) is 10.0 Å². The van der Waals surface area contributed by atoms with Gasteiger partial charge in [-0.2, -0.15) is 5.26 Å². The van der Waals surface area contributed by atoms with E-state index in [0.717, 1.165) is 22.5 Å². The van der Waals surface area contributed by atoms with E-state index in [1.54, 1.807) is 36.4 Å². The topological polar surface area (TPSA) is 65.4 Å². The summed E-state index contributed by atoms with van der Waals surface area (Å²) in [5.74, 6) is -0.687. The molecular formula is C24H19Cl2N3O2. The monoisotopic (exact) mass is 451 g/mol. The first-order chi connectivity index (χ1) is 14.9. The number of benzene rings is 3. The highest BCUT2D eigenvalue weighted by Crippen LogP contribution is 2.50. The zero-order valence-electron chi connectivity index (χ0n) is 16.9. The molecule has 0 bridgehead atoms. The summed E-state index contributed by atoms with van der Waals surface area (Å²) in [4.78, 5) is 15.0. The lowest BCUT2D eigenvalue weighted by atomic mass is 9.81. The van der Waals surface area contributed by atoms with E-state index in [1.165, 1.54) is 7.11 Å². The summed E-state index contributed by atoms with van der Waals surface area (Å²) in [6.07, 6.45) is 0. The molecule has 156 valence electrons. The third-order valence-corrected chi connectivity index (χ3v) is 5.89. The molecule has 0 aromatic heterocycles. The van der Waals surface area contributed by atoms with Crippen molar-refractivity contribution in [3.63, 3.8) is 0 Å². The highest BCUT2D eigenvalue weighted by Gasteiger charge is 2.55. The average molecular weight is 452 g/mol. The minimum Gasteiger partial charge on any atom is -0.466 e. The Hall–Kier alpha value is -3.20. The Kier molecular flexibility index (Phi) is 5.53. The number of hydrogen-bond acceptors (Lipinski definition) is 5. The first-order valence-electron chi connectivity index (χ1n) is 9.58. The van der Waals surface area contributed by atoms with Crippen LogP contribution in [0.3, 0.4) is 0 Å². The minimum atomic E-state index is -1.71. The second kappa shape index (κ2) is 8.14. The van der Waals surface area contributed by atoms with Crippen molar-refractivity contribution < 1.29 is 9.53 Å². The van der Waals surface area contributed by atoms with Crippen LogP contribution < -0.4 is 10.2 Å². The number of nitriles is 1. The van der Waals surface area contributed by atoms with Crippen LogP contribution in [0.4, 0.5) is 17.1 Å². The molecule has 1 aliphatic rings. The van der Waals surface area contributed by atoms with Gasteiger partial charge in [0.1, 0.15) is 12.1 Å². The Bertz CT molecular complexity index is 1170. The van der Waals surface area contributed by atoms with E-state index >= 15 is 0 Å². The van der Waals surface area contributed by atoms with Gasteiger partial charge in [-0.3, -0.25) is 0 Å². The molecule has 1 aliphatic heterocycles. The number of methoxy groups -OCH3 is 1. The number of ether oxygens (including phenoxy) is 1. The fourth-order valence-electron chi connectivity index (χ4n) is 3.92. The van der Waals surface area contributed by atoms with Gasteiger partial charge in [-0.25, -0.2) is 4.79 Å². The van der Waals surface area contributed by atoms with E-state index in [2.05, 4.69) is 11.4 Å². The highest BCUT2D eigenvalue weighted by atomic mass is 35.5. The number of hydrogen-bond donors (Lipinski definition) is 1. The van der Waals surface area contributed by atoms with Gasteiger partial charge in [0.05, 0.1) is 18.5 Å². The van der Waals surface area contributed by atoms with E-state index in [-0.39, 0.29) is 0 Å². The van der Waals surface area contributed by atoms with Crippen molar-refractivity contribution in [3.8, 4) is 6.07 Å². The lowest BCUT2D eigenvalue weighted by Crippen LogP contribution is -2.58. The van der Waals surface area contributed by atoms with Crippen LogP contribution in [0, 0.1) is 18.3 Å². The third-order valence-electron chi connectivity index (χ3n) is 5.40. The lowest BCUT2D eigenvalue weighted by molar-refractivity contribution is -0.144. The standard InChI is InChI=1S/C24H19Cl2N3O2/c1-15-3-10-19(11-4-15)29-21-13-18(26)9-12-20(21)28-24(14-27,23(30)31-2)22(29)16-5-7-17(25)8-6-16/h3-13,22,28H,1-2H3. The van der Waals surface area contributed by atoms with Crippen LogP contribution in [0.15, 0.2) is 66.7 Å². The Morgan fingerprint density at radius 3 is 2.32 bits per heavy atom. The maximum Gasteiger partial charge on any atom is 0.349 e. The van der Waals surface area contributed by atoms with Crippen molar-refractivity contribution >= 4 is 46.2 Å². The van der Waals surface area contributed by atoms with Crippen LogP contribution in [-0.2, 0) is 9.53 Å². The van der Waals surface area contributed by atoms with Gasteiger partial charge in [0.15, 0.2) is 0 Å². The molecule has 4 rings (SSSR count). The van der Waals surface area contributed by atoms with Gasteiger partial charge >= 0.3 is 5.97 Å². The number of fused-ring (bicyclic) bond motifs is 1. The third kappa shape index (κ3) is 3.59. The van der Waals surface area contributed by atoms with Crippen molar-refractivity contribution in [1.82, 2.24) is 0 Å². The summed E-state index contributed by atoms with van der Waals surface area (Å²) in [5, 5.41) is 14.6. The Morgan fingerprint density at radius 2 is 1.71 bits per heavy atom. The Labute approximate surface area is 190 Å². The lowest BCUT2D eigenvalue weighted by Gasteiger charge is -2.47. The highest BCUT2D eigenvalue weighted by molar-refractivity contribution is 6.31. The van der Waals surface area contributed by atoms with Gasteiger partial charge in [0.25, 0.3) is 0 Å². The number of rotatable bonds is 3. The number of nitrogens with zero attached hydrogens (tertiary/aromatic N) is 2. The smallest absolute Gasteiger partial charge is 0.349 e. The van der Waals surface area contributed by atoms with Gasteiger partial charge in [-0.15, -0.1) is 0 Å². The molecule has 0 aliphatic carbocycles. The van der Waals surface area contributed by atoms with Gasteiger partial charge in [0.2, 0.25) is 5.54 Å². The fourth-order valence-corrected chi connectivity index (χ4v) is 4.21. The molecule has 0 fully saturated rings. The van der Waals surface area contributed by atoms with Crippen LogP contribution in [0.5, 0.6) is 0 Å². The van der Waals surface area contributed by atoms with Crippen molar-refractivity contribution in [3.05, 3.63) is 87.9 Å². The summed E-state index contributed by atoms with van der Waals surface area (Å²) in [7, 11) is 1.27. The van der Waals surface area contributed by atoms with Crippen molar-refractivity contribution in [2.24, 2.45) is 0 Å². The number of aryl methyl sites for hydroxylation is 1. The molecule has 7 heteroatoms. The average Bonchev–Trinajstić information content (AvgIpc) is 2.78. The molecule has 31 heavy (non-hydrogen) atoms. The molecule has 1 N–H and O–H groups in total. The second-order valence-corrected chi connectivity index (χ2v) is 8.23. The zero-order valence-corrected chi connectivity index (χ0v) is 18.4. The van der Waals surface area contributed by atoms with Crippen LogP contribution in [-0.4, -0.2) is 18.6 Å². The largest absolute Gasteiger partial charge is 0.466 e. The number of carbonyl (C=O) groups excluding carboxylic acids is 1. The zero-order chi connectivity index (χ0) is 22.2. The first kappa shape index (κ1) is 21.0. The number of halogens is 2. The Morgan fingerprint density at radius 1 is 1.06 bits per heavy atom. The van der Waals surface area contributed by atoms with Crippen LogP contribution >= 0.6 is 23.2 Å². The van der Waals surface area contributed by atoms with Gasteiger partial charge in [0, 0.05) is 15.7 Å². The van der Waals surface area contributed by atoms with Gasteiger partial charge in [-0.1, -0.05) is 53.0 Å². The molecule has 2 unspecified atom stereocenters. The summed E-state index contributed by atoms with van der Waals surface area (Å²) in [5.41, 5.74) is 2.24. The van der Waals surface area contributed by atoms with E-state index in [4.69, 9.17) is 27.9 Å². The maximum absolute atomic E-state index is 13.1. The van der Waals surface area contributed by atoms with E-state index in [9.17, 15) is 10.1 Å². The van der Waals surface area contributed by atoms with E-state index in [0.29, 0.717) is 15.7 Å².